The second-order valence-electron chi connectivity index (χ2n) is 10.6. The highest BCUT2D eigenvalue weighted by Gasteiger charge is 2.20. The normalized spacial score (nSPS) is 14.4. The van der Waals surface area contributed by atoms with Crippen molar-refractivity contribution in [1.82, 2.24) is 14.9 Å². The number of anilines is 5. The van der Waals surface area contributed by atoms with E-state index < -0.39 is 9.84 Å². The highest BCUT2D eigenvalue weighted by molar-refractivity contribution is 7.89. The SMILES string of the molecule is COc1cc(N2CCC(CCCN(C)C)CC2)ccc1Nc1ncc(Cl)c(Nc2ccccc2CS(C)(=O)=O)n1. The van der Waals surface area contributed by atoms with Gasteiger partial charge in [0.25, 0.3) is 0 Å². The molecule has 0 bridgehead atoms. The zero-order valence-corrected chi connectivity index (χ0v) is 25.2. The predicted molar refractivity (Wildman–Crippen MR) is 164 cm³/mol. The van der Waals surface area contributed by atoms with Gasteiger partial charge in [-0.2, -0.15) is 4.98 Å². The summed E-state index contributed by atoms with van der Waals surface area (Å²) in [6.07, 6.45) is 7.66. The number of benzene rings is 2. The van der Waals surface area contributed by atoms with Gasteiger partial charge in [0.05, 0.1) is 24.7 Å². The van der Waals surface area contributed by atoms with E-state index in [1.165, 1.54) is 38.1 Å². The molecule has 1 aromatic heterocycles. The van der Waals surface area contributed by atoms with E-state index in [9.17, 15) is 8.42 Å². The molecule has 3 aromatic rings. The van der Waals surface area contributed by atoms with Crippen molar-refractivity contribution >= 4 is 50.3 Å². The first kappa shape index (κ1) is 29.9. The van der Waals surface area contributed by atoms with Gasteiger partial charge in [-0.15, -0.1) is 0 Å². The molecule has 1 saturated heterocycles. The Labute approximate surface area is 242 Å². The number of nitrogens with one attached hydrogen (secondary N) is 2. The topological polar surface area (TPSA) is 99.7 Å². The third-order valence-corrected chi connectivity index (χ3v) is 8.17. The number of para-hydroxylation sites is 1. The van der Waals surface area contributed by atoms with Gasteiger partial charge in [0.1, 0.15) is 10.8 Å². The van der Waals surface area contributed by atoms with Crippen molar-refractivity contribution in [2.24, 2.45) is 5.92 Å². The van der Waals surface area contributed by atoms with Crippen molar-refractivity contribution in [2.75, 3.05) is 62.6 Å². The summed E-state index contributed by atoms with van der Waals surface area (Å²) in [5, 5.41) is 6.71. The summed E-state index contributed by atoms with van der Waals surface area (Å²) in [7, 11) is 2.70. The van der Waals surface area contributed by atoms with Crippen LogP contribution in [0.2, 0.25) is 5.02 Å². The van der Waals surface area contributed by atoms with Gasteiger partial charge in [0, 0.05) is 36.8 Å². The van der Waals surface area contributed by atoms with Crippen molar-refractivity contribution in [2.45, 2.75) is 31.4 Å². The van der Waals surface area contributed by atoms with Crippen molar-refractivity contribution < 1.29 is 13.2 Å². The molecule has 40 heavy (non-hydrogen) atoms. The minimum absolute atomic E-state index is 0.0956. The summed E-state index contributed by atoms with van der Waals surface area (Å²) < 4.78 is 29.5. The molecule has 1 aliphatic rings. The molecule has 2 N–H and O–H groups in total. The van der Waals surface area contributed by atoms with Crippen LogP contribution in [-0.4, -0.2) is 70.4 Å². The second kappa shape index (κ2) is 13.5. The van der Waals surface area contributed by atoms with Crippen LogP contribution in [0.15, 0.2) is 48.7 Å². The Morgan fingerprint density at radius 2 is 1.85 bits per heavy atom. The maximum absolute atomic E-state index is 11.9. The molecule has 0 atom stereocenters. The Kier molecular flexibility index (Phi) is 10.1. The molecular formula is C29H39ClN6O3S. The maximum atomic E-state index is 11.9. The standard InChI is InChI=1S/C29H39ClN6O3S/c1-35(2)15-7-8-21-13-16-36(17-14-21)23-11-12-26(27(18-23)39-3)33-29-31-19-24(30)28(34-29)32-25-10-6-5-9-22(25)20-40(4,37)38/h5-6,9-12,18-19,21H,7-8,13-17,20H2,1-4H3,(H2,31,32,33,34). The molecule has 0 amide bonds. The molecule has 9 nitrogen and oxygen atoms in total. The smallest absolute Gasteiger partial charge is 0.229 e. The lowest BCUT2D eigenvalue weighted by Gasteiger charge is -2.34. The number of hydrogen-bond donors (Lipinski definition) is 2. The summed E-state index contributed by atoms with van der Waals surface area (Å²) in [5.74, 6) is 2.09. The summed E-state index contributed by atoms with van der Waals surface area (Å²) >= 11 is 6.39. The molecule has 0 spiro atoms. The minimum atomic E-state index is -3.22. The fourth-order valence-corrected chi connectivity index (χ4v) is 5.92. The number of ether oxygens (including phenoxy) is 1. The van der Waals surface area contributed by atoms with E-state index in [1.54, 1.807) is 25.3 Å². The van der Waals surface area contributed by atoms with Gasteiger partial charge in [0.2, 0.25) is 5.95 Å². The largest absolute Gasteiger partial charge is 0.494 e. The third-order valence-electron chi connectivity index (χ3n) is 7.06. The van der Waals surface area contributed by atoms with Gasteiger partial charge in [-0.1, -0.05) is 29.8 Å². The zero-order valence-electron chi connectivity index (χ0n) is 23.7. The number of methoxy groups -OCH3 is 1. The lowest BCUT2D eigenvalue weighted by atomic mass is 9.92. The lowest BCUT2D eigenvalue weighted by molar-refractivity contribution is 0.331. The van der Waals surface area contributed by atoms with Gasteiger partial charge in [-0.05, 0) is 76.0 Å². The number of piperidine rings is 1. The Morgan fingerprint density at radius 3 is 2.55 bits per heavy atom. The number of sulfone groups is 1. The third kappa shape index (κ3) is 8.46. The van der Waals surface area contributed by atoms with Crippen LogP contribution >= 0.6 is 11.6 Å². The van der Waals surface area contributed by atoms with E-state index in [0.717, 1.165) is 36.9 Å². The van der Waals surface area contributed by atoms with Gasteiger partial charge in [0.15, 0.2) is 15.7 Å². The highest BCUT2D eigenvalue weighted by Crippen LogP contribution is 2.34. The van der Waals surface area contributed by atoms with Crippen molar-refractivity contribution in [3.05, 3.63) is 59.2 Å². The van der Waals surface area contributed by atoms with Crippen LogP contribution < -0.4 is 20.3 Å². The first-order chi connectivity index (χ1) is 19.1. The van der Waals surface area contributed by atoms with Gasteiger partial charge in [-0.3, -0.25) is 0 Å². The maximum Gasteiger partial charge on any atom is 0.229 e. The first-order valence-electron chi connectivity index (χ1n) is 13.5. The lowest BCUT2D eigenvalue weighted by Crippen LogP contribution is -2.33. The van der Waals surface area contributed by atoms with E-state index in [0.29, 0.717) is 33.8 Å². The Balaban J connectivity index is 1.44. The van der Waals surface area contributed by atoms with Crippen LogP contribution in [0.25, 0.3) is 0 Å². The van der Waals surface area contributed by atoms with Crippen molar-refractivity contribution in [1.29, 1.82) is 0 Å². The van der Waals surface area contributed by atoms with Gasteiger partial charge in [-0.25, -0.2) is 13.4 Å². The molecule has 0 aliphatic carbocycles. The zero-order chi connectivity index (χ0) is 28.7. The number of halogens is 1. The minimum Gasteiger partial charge on any atom is -0.494 e. The molecule has 0 radical (unpaired) electrons. The van der Waals surface area contributed by atoms with Gasteiger partial charge >= 0.3 is 0 Å². The Bertz CT molecular complexity index is 1390. The second-order valence-corrected chi connectivity index (χ2v) is 13.2. The molecule has 0 saturated carbocycles. The Morgan fingerprint density at radius 1 is 1.10 bits per heavy atom. The molecule has 0 unspecified atom stereocenters. The Hall–Kier alpha value is -3.08. The fourth-order valence-electron chi connectivity index (χ4n) is 4.97. The summed E-state index contributed by atoms with van der Waals surface area (Å²) in [5.41, 5.74) is 3.11. The highest BCUT2D eigenvalue weighted by atomic mass is 35.5. The number of rotatable bonds is 12. The summed E-state index contributed by atoms with van der Waals surface area (Å²) in [6, 6.07) is 13.3. The van der Waals surface area contributed by atoms with Crippen LogP contribution in [0.3, 0.4) is 0 Å². The van der Waals surface area contributed by atoms with Gasteiger partial charge < -0.3 is 25.2 Å². The number of nitrogens with zero attached hydrogens (tertiary/aromatic N) is 4. The molecular weight excluding hydrogens is 548 g/mol. The fraction of sp³-hybridized carbons (Fsp3) is 0.448. The van der Waals surface area contributed by atoms with Crippen LogP contribution in [0, 0.1) is 5.92 Å². The predicted octanol–water partition coefficient (Wildman–Crippen LogP) is 5.73. The van der Waals surface area contributed by atoms with E-state index in [-0.39, 0.29) is 5.75 Å². The number of aromatic nitrogens is 2. The molecule has 1 fully saturated rings. The monoisotopic (exact) mass is 586 g/mol. The van der Waals surface area contributed by atoms with E-state index >= 15 is 0 Å². The van der Waals surface area contributed by atoms with E-state index in [2.05, 4.69) is 50.6 Å². The van der Waals surface area contributed by atoms with Crippen LogP contribution in [0.4, 0.5) is 28.8 Å². The van der Waals surface area contributed by atoms with Crippen LogP contribution in [0.5, 0.6) is 5.75 Å². The average molecular weight is 587 g/mol. The molecule has 4 rings (SSSR count). The van der Waals surface area contributed by atoms with Crippen molar-refractivity contribution in [3.63, 3.8) is 0 Å². The van der Waals surface area contributed by atoms with E-state index in [1.807, 2.05) is 18.2 Å². The molecule has 2 aromatic carbocycles. The van der Waals surface area contributed by atoms with E-state index in [4.69, 9.17) is 16.3 Å². The summed E-state index contributed by atoms with van der Waals surface area (Å²) in [6.45, 7) is 3.23. The van der Waals surface area contributed by atoms with Crippen molar-refractivity contribution in [3.8, 4) is 5.75 Å². The van der Waals surface area contributed by atoms with Crippen LogP contribution in [-0.2, 0) is 15.6 Å². The molecule has 216 valence electrons. The molecule has 1 aliphatic heterocycles. The van der Waals surface area contributed by atoms with Crippen LogP contribution in [0.1, 0.15) is 31.2 Å². The average Bonchev–Trinajstić information content (AvgIpc) is 2.91. The molecule has 2 heterocycles. The number of hydrogen-bond acceptors (Lipinski definition) is 9. The molecule has 11 heteroatoms. The quantitative estimate of drug-likeness (QED) is 0.276. The summed E-state index contributed by atoms with van der Waals surface area (Å²) in [4.78, 5) is 13.6. The first-order valence-corrected chi connectivity index (χ1v) is 15.9.